The maximum absolute atomic E-state index is 4.61. The van der Waals surface area contributed by atoms with E-state index in [1.54, 1.807) is 18.6 Å². The first-order valence-corrected chi connectivity index (χ1v) is 8.58. The number of rotatable bonds is 4. The molecule has 0 amide bonds. The molecule has 0 saturated heterocycles. The summed E-state index contributed by atoms with van der Waals surface area (Å²) in [5, 5.41) is 7.54. The number of fused-ring (bicyclic) bond motifs is 1. The Bertz CT molecular complexity index is 1050. The van der Waals surface area contributed by atoms with Crippen LogP contribution in [0.1, 0.15) is 11.1 Å². The third-order valence-corrected chi connectivity index (χ3v) is 4.63. The lowest BCUT2D eigenvalue weighted by Gasteiger charge is -2.10. The lowest BCUT2D eigenvalue weighted by molar-refractivity contribution is 0.772. The van der Waals surface area contributed by atoms with E-state index in [0.29, 0.717) is 6.54 Å². The van der Waals surface area contributed by atoms with Crippen molar-refractivity contribution in [1.82, 2.24) is 29.1 Å². The highest BCUT2D eigenvalue weighted by atomic mass is 79.9. The summed E-state index contributed by atoms with van der Waals surface area (Å²) >= 11 is 3.47. The van der Waals surface area contributed by atoms with E-state index < -0.39 is 0 Å². The molecule has 0 atom stereocenters. The van der Waals surface area contributed by atoms with Gasteiger partial charge in [-0.3, -0.25) is 14.1 Å². The second-order valence-corrected chi connectivity index (χ2v) is 6.57. The van der Waals surface area contributed by atoms with Crippen molar-refractivity contribution in [2.45, 2.75) is 13.5 Å². The fourth-order valence-corrected chi connectivity index (χ4v) is 3.19. The zero-order valence-electron chi connectivity index (χ0n) is 13.8. The molecule has 8 heteroatoms. The van der Waals surface area contributed by atoms with Gasteiger partial charge in [0.2, 0.25) is 0 Å². The van der Waals surface area contributed by atoms with Crippen LogP contribution in [0.5, 0.6) is 0 Å². The van der Waals surface area contributed by atoms with Gasteiger partial charge in [0.25, 0.3) is 0 Å². The van der Waals surface area contributed by atoms with Crippen LogP contribution < -0.4 is 5.32 Å². The van der Waals surface area contributed by atoms with Crippen LogP contribution in [0.2, 0.25) is 0 Å². The van der Waals surface area contributed by atoms with Gasteiger partial charge in [0, 0.05) is 38.4 Å². The van der Waals surface area contributed by atoms with Gasteiger partial charge < -0.3 is 5.32 Å². The number of anilines is 1. The molecule has 4 heterocycles. The first kappa shape index (κ1) is 15.8. The molecule has 7 nitrogen and oxygen atoms in total. The van der Waals surface area contributed by atoms with Gasteiger partial charge in [0.05, 0.1) is 17.6 Å². The zero-order chi connectivity index (χ0) is 17.4. The SMILES string of the molecule is Cc1cc(CNc2nccn3c(Br)cnc23)cnc1-c1ccnn1C. The molecule has 25 heavy (non-hydrogen) atoms. The van der Waals surface area contributed by atoms with Crippen molar-refractivity contribution in [2.24, 2.45) is 7.05 Å². The molecule has 0 bridgehead atoms. The van der Waals surface area contributed by atoms with Gasteiger partial charge in [0.1, 0.15) is 4.60 Å². The normalized spacial score (nSPS) is 11.2. The third kappa shape index (κ3) is 2.89. The molecule has 0 radical (unpaired) electrons. The van der Waals surface area contributed by atoms with Crippen molar-refractivity contribution in [1.29, 1.82) is 0 Å². The van der Waals surface area contributed by atoms with Crippen LogP contribution >= 0.6 is 15.9 Å². The molecule has 0 aliphatic rings. The smallest absolute Gasteiger partial charge is 0.180 e. The second-order valence-electron chi connectivity index (χ2n) is 5.75. The summed E-state index contributed by atoms with van der Waals surface area (Å²) in [4.78, 5) is 13.4. The number of hydrogen-bond acceptors (Lipinski definition) is 5. The first-order chi connectivity index (χ1) is 12.1. The highest BCUT2D eigenvalue weighted by Crippen LogP contribution is 2.22. The third-order valence-electron chi connectivity index (χ3n) is 4.04. The number of hydrogen-bond donors (Lipinski definition) is 1. The van der Waals surface area contributed by atoms with Crippen LogP contribution in [0, 0.1) is 6.92 Å². The Morgan fingerprint density at radius 1 is 1.16 bits per heavy atom. The summed E-state index contributed by atoms with van der Waals surface area (Å²) < 4.78 is 4.66. The molecule has 1 N–H and O–H groups in total. The Balaban J connectivity index is 1.57. The van der Waals surface area contributed by atoms with Gasteiger partial charge in [-0.1, -0.05) is 6.07 Å². The van der Waals surface area contributed by atoms with E-state index in [4.69, 9.17) is 0 Å². The largest absolute Gasteiger partial charge is 0.363 e. The Morgan fingerprint density at radius 2 is 2.04 bits per heavy atom. The van der Waals surface area contributed by atoms with Crippen molar-refractivity contribution in [3.8, 4) is 11.4 Å². The van der Waals surface area contributed by atoms with E-state index in [2.05, 4.69) is 54.3 Å². The predicted molar refractivity (Wildman–Crippen MR) is 99.2 cm³/mol. The molecule has 4 aromatic rings. The highest BCUT2D eigenvalue weighted by Gasteiger charge is 2.10. The van der Waals surface area contributed by atoms with Crippen molar-refractivity contribution in [3.63, 3.8) is 0 Å². The van der Waals surface area contributed by atoms with Crippen molar-refractivity contribution >= 4 is 27.4 Å². The molecular weight excluding hydrogens is 382 g/mol. The molecule has 0 aliphatic carbocycles. The van der Waals surface area contributed by atoms with E-state index in [1.807, 2.05) is 34.6 Å². The summed E-state index contributed by atoms with van der Waals surface area (Å²) in [5.74, 6) is 0.738. The van der Waals surface area contributed by atoms with Gasteiger partial charge >= 0.3 is 0 Å². The maximum Gasteiger partial charge on any atom is 0.180 e. The average molecular weight is 398 g/mol. The van der Waals surface area contributed by atoms with Gasteiger partial charge in [-0.05, 0) is 40.0 Å². The minimum atomic E-state index is 0.622. The van der Waals surface area contributed by atoms with E-state index in [9.17, 15) is 0 Å². The number of nitrogens with zero attached hydrogens (tertiary/aromatic N) is 6. The van der Waals surface area contributed by atoms with Crippen LogP contribution in [-0.4, -0.2) is 29.1 Å². The highest BCUT2D eigenvalue weighted by molar-refractivity contribution is 9.10. The minimum Gasteiger partial charge on any atom is -0.363 e. The van der Waals surface area contributed by atoms with Gasteiger partial charge in [0.15, 0.2) is 11.5 Å². The fourth-order valence-electron chi connectivity index (χ4n) is 2.80. The first-order valence-electron chi connectivity index (χ1n) is 7.79. The Kier molecular flexibility index (Phi) is 3.96. The number of aromatic nitrogens is 6. The van der Waals surface area contributed by atoms with Crippen LogP contribution in [0.15, 0.2) is 47.7 Å². The van der Waals surface area contributed by atoms with Crippen LogP contribution in [0.4, 0.5) is 5.82 Å². The summed E-state index contributed by atoms with van der Waals surface area (Å²) in [5.41, 5.74) is 4.92. The molecule has 126 valence electrons. The minimum absolute atomic E-state index is 0.622. The number of halogens is 1. The van der Waals surface area contributed by atoms with Gasteiger partial charge in [-0.25, -0.2) is 9.97 Å². The summed E-state index contributed by atoms with van der Waals surface area (Å²) in [7, 11) is 1.92. The molecule has 0 fully saturated rings. The Labute approximate surface area is 152 Å². The van der Waals surface area contributed by atoms with E-state index in [0.717, 1.165) is 38.6 Å². The molecule has 0 unspecified atom stereocenters. The van der Waals surface area contributed by atoms with Gasteiger partial charge in [-0.15, -0.1) is 0 Å². The lowest BCUT2D eigenvalue weighted by Crippen LogP contribution is -2.05. The molecule has 0 spiro atoms. The molecule has 0 saturated carbocycles. The van der Waals surface area contributed by atoms with Crippen molar-refractivity contribution in [2.75, 3.05) is 5.32 Å². The fraction of sp³-hybridized carbons (Fsp3) is 0.176. The van der Waals surface area contributed by atoms with Crippen molar-refractivity contribution < 1.29 is 0 Å². The summed E-state index contributed by atoms with van der Waals surface area (Å²) in [6.07, 6.45) is 9.03. The number of aryl methyl sites for hydroxylation is 2. The predicted octanol–water partition coefficient (Wildman–Crippen LogP) is 3.21. The van der Waals surface area contributed by atoms with Crippen LogP contribution in [0.25, 0.3) is 17.0 Å². The zero-order valence-corrected chi connectivity index (χ0v) is 15.4. The number of nitrogens with one attached hydrogen (secondary N) is 1. The Hall–Kier alpha value is -2.74. The molecule has 4 rings (SSSR count). The quantitative estimate of drug-likeness (QED) is 0.572. The lowest BCUT2D eigenvalue weighted by atomic mass is 10.1. The topological polar surface area (TPSA) is 72.9 Å². The summed E-state index contributed by atoms with van der Waals surface area (Å²) in [6, 6.07) is 4.10. The van der Waals surface area contributed by atoms with E-state index in [1.165, 1.54) is 0 Å². The average Bonchev–Trinajstić information content (AvgIpc) is 3.20. The number of pyridine rings is 1. The van der Waals surface area contributed by atoms with E-state index >= 15 is 0 Å². The maximum atomic E-state index is 4.61. The Morgan fingerprint density at radius 3 is 2.80 bits per heavy atom. The monoisotopic (exact) mass is 397 g/mol. The molecule has 0 aliphatic heterocycles. The summed E-state index contributed by atoms with van der Waals surface area (Å²) in [6.45, 7) is 2.68. The molecule has 4 aromatic heterocycles. The van der Waals surface area contributed by atoms with Gasteiger partial charge in [-0.2, -0.15) is 5.10 Å². The van der Waals surface area contributed by atoms with E-state index in [-0.39, 0.29) is 0 Å². The number of imidazole rings is 1. The molecular formula is C17H16BrN7. The molecule has 0 aromatic carbocycles. The van der Waals surface area contributed by atoms with Crippen molar-refractivity contribution in [3.05, 3.63) is 58.8 Å². The van der Waals surface area contributed by atoms with Crippen LogP contribution in [0.3, 0.4) is 0 Å². The van der Waals surface area contributed by atoms with Crippen LogP contribution in [-0.2, 0) is 13.6 Å². The standard InChI is InChI=1S/C17H16BrN7/c1-11-7-12(8-20-15(11)13-3-4-23-24(13)2)9-21-16-17-22-10-14(18)25(17)6-5-19-16/h3-8,10H,9H2,1-2H3,(H,19,21). The second kappa shape index (κ2) is 6.29.